The van der Waals surface area contributed by atoms with Crippen molar-refractivity contribution < 1.29 is 23.8 Å². The van der Waals surface area contributed by atoms with E-state index in [1.807, 2.05) is 13.8 Å². The largest absolute Gasteiger partial charge is 0.493 e. The van der Waals surface area contributed by atoms with E-state index in [4.69, 9.17) is 37.3 Å². The Morgan fingerprint density at radius 3 is 2.70 bits per heavy atom. The second-order valence-electron chi connectivity index (χ2n) is 7.99. The Bertz CT molecular complexity index is 1040. The number of carbonyl (C=O) groups excluding carboxylic acids is 2. The molecule has 8 nitrogen and oxygen atoms in total. The highest BCUT2D eigenvalue weighted by atomic mass is 35.5. The third kappa shape index (κ3) is 3.94. The molecule has 4 N–H and O–H groups in total. The van der Waals surface area contributed by atoms with Gasteiger partial charge < -0.3 is 25.7 Å². The molecule has 1 atom stereocenters. The van der Waals surface area contributed by atoms with Crippen LogP contribution in [0.5, 0.6) is 11.5 Å². The van der Waals surface area contributed by atoms with Crippen LogP contribution in [0.1, 0.15) is 38.2 Å². The number of ketones is 1. The summed E-state index contributed by atoms with van der Waals surface area (Å²) in [4.78, 5) is 24.1. The third-order valence-electron chi connectivity index (χ3n) is 5.02. The van der Waals surface area contributed by atoms with Crippen molar-refractivity contribution >= 4 is 23.3 Å². The predicted octanol–water partition coefficient (Wildman–Crippen LogP) is 2.66. The van der Waals surface area contributed by atoms with E-state index in [9.17, 15) is 14.9 Å². The topological polar surface area (TPSA) is 138 Å². The summed E-state index contributed by atoms with van der Waals surface area (Å²) in [5.74, 6) is -0.761. The van der Waals surface area contributed by atoms with Gasteiger partial charge in [-0.1, -0.05) is 25.4 Å². The Hall–Kier alpha value is -3.18. The second kappa shape index (κ2) is 7.92. The maximum absolute atomic E-state index is 13.0. The number of benzene rings is 1. The molecule has 3 rings (SSSR count). The number of hydrogen-bond donors (Lipinski definition) is 2. The van der Waals surface area contributed by atoms with Crippen LogP contribution in [-0.4, -0.2) is 25.4 Å². The number of nitrogens with two attached hydrogens (primary N) is 2. The van der Waals surface area contributed by atoms with Gasteiger partial charge >= 0.3 is 0 Å². The molecule has 9 heteroatoms. The Balaban J connectivity index is 2.16. The Kier molecular flexibility index (Phi) is 5.68. The van der Waals surface area contributed by atoms with Crippen LogP contribution < -0.4 is 20.9 Å². The van der Waals surface area contributed by atoms with Gasteiger partial charge in [-0.15, -0.1) is 0 Å². The van der Waals surface area contributed by atoms with Gasteiger partial charge in [-0.05, 0) is 23.1 Å². The molecule has 0 bridgehead atoms. The highest BCUT2D eigenvalue weighted by Gasteiger charge is 2.43. The maximum atomic E-state index is 13.0. The van der Waals surface area contributed by atoms with Crippen molar-refractivity contribution in [3.8, 4) is 17.6 Å². The van der Waals surface area contributed by atoms with E-state index in [0.29, 0.717) is 29.7 Å². The van der Waals surface area contributed by atoms with E-state index in [-0.39, 0.29) is 45.8 Å². The SMILES string of the molecule is COc1cc([C@@H]2C(C#N)=C(N)OC3=C2C(=O)CC(C)(C)C3)cc(Cl)c1OCC(N)=O. The summed E-state index contributed by atoms with van der Waals surface area (Å²) in [5, 5.41) is 9.86. The number of rotatable bonds is 5. The number of nitrogens with zero attached hydrogens (tertiary/aromatic N) is 1. The molecule has 0 radical (unpaired) electrons. The summed E-state index contributed by atoms with van der Waals surface area (Å²) >= 11 is 6.38. The summed E-state index contributed by atoms with van der Waals surface area (Å²) in [5.41, 5.74) is 11.9. The molecule has 1 aromatic carbocycles. The lowest BCUT2D eigenvalue weighted by Crippen LogP contribution is -2.33. The minimum Gasteiger partial charge on any atom is -0.493 e. The average Bonchev–Trinajstić information content (AvgIpc) is 2.64. The molecule has 1 amide bonds. The number of halogens is 1. The highest BCUT2D eigenvalue weighted by Crippen LogP contribution is 2.49. The predicted molar refractivity (Wildman–Crippen MR) is 108 cm³/mol. The first-order chi connectivity index (χ1) is 14.1. The molecule has 158 valence electrons. The minimum absolute atomic E-state index is 0.0455. The van der Waals surface area contributed by atoms with Gasteiger partial charge in [-0.2, -0.15) is 5.26 Å². The van der Waals surface area contributed by atoms with Crippen LogP contribution in [0.25, 0.3) is 0 Å². The van der Waals surface area contributed by atoms with Gasteiger partial charge in [0.1, 0.15) is 17.4 Å². The normalized spacial score (nSPS) is 20.2. The lowest BCUT2D eigenvalue weighted by Gasteiger charge is -2.37. The first kappa shape index (κ1) is 21.5. The Labute approximate surface area is 179 Å². The monoisotopic (exact) mass is 431 g/mol. The van der Waals surface area contributed by atoms with E-state index in [1.54, 1.807) is 12.1 Å². The van der Waals surface area contributed by atoms with Crippen molar-refractivity contribution in [1.82, 2.24) is 0 Å². The van der Waals surface area contributed by atoms with Crippen LogP contribution >= 0.6 is 11.6 Å². The van der Waals surface area contributed by atoms with Crippen LogP contribution in [-0.2, 0) is 14.3 Å². The number of ether oxygens (including phenoxy) is 3. The Morgan fingerprint density at radius 2 is 2.10 bits per heavy atom. The van der Waals surface area contributed by atoms with Gasteiger partial charge in [0.2, 0.25) is 5.88 Å². The fraction of sp³-hybridized carbons (Fsp3) is 0.381. The molecular formula is C21H22ClN3O5. The van der Waals surface area contributed by atoms with E-state index in [1.165, 1.54) is 7.11 Å². The number of amides is 1. The summed E-state index contributed by atoms with van der Waals surface area (Å²) < 4.78 is 16.4. The van der Waals surface area contributed by atoms with Crippen LogP contribution in [0.4, 0.5) is 0 Å². The standard InChI is InChI=1S/C21H22ClN3O5/c1-21(2)6-13(26)18-15(7-21)30-20(25)11(8-23)17(18)10-4-12(22)19(14(5-10)28-3)29-9-16(24)27/h4-5,17H,6-7,9,25H2,1-3H3,(H2,24,27)/t17-/m1/s1. The first-order valence-electron chi connectivity index (χ1n) is 9.20. The highest BCUT2D eigenvalue weighted by molar-refractivity contribution is 6.32. The molecule has 1 aliphatic heterocycles. The number of nitriles is 1. The van der Waals surface area contributed by atoms with E-state index in [2.05, 4.69) is 6.07 Å². The van der Waals surface area contributed by atoms with E-state index >= 15 is 0 Å². The summed E-state index contributed by atoms with van der Waals surface area (Å²) in [6.07, 6.45) is 0.823. The van der Waals surface area contributed by atoms with Gasteiger partial charge in [-0.3, -0.25) is 9.59 Å². The van der Waals surface area contributed by atoms with Crippen molar-refractivity contribution in [3.63, 3.8) is 0 Å². The van der Waals surface area contributed by atoms with Crippen LogP contribution in [0.2, 0.25) is 5.02 Å². The molecule has 0 spiro atoms. The van der Waals surface area contributed by atoms with Crippen molar-refractivity contribution in [2.75, 3.05) is 13.7 Å². The fourth-order valence-electron chi connectivity index (χ4n) is 3.81. The average molecular weight is 432 g/mol. The van der Waals surface area contributed by atoms with Crippen molar-refractivity contribution in [2.45, 2.75) is 32.6 Å². The molecular weight excluding hydrogens is 410 g/mol. The summed E-state index contributed by atoms with van der Waals surface area (Å²) in [7, 11) is 1.41. The van der Waals surface area contributed by atoms with Crippen molar-refractivity contribution in [3.05, 3.63) is 45.5 Å². The molecule has 2 aliphatic rings. The number of allylic oxidation sites excluding steroid dienone is 3. The quantitative estimate of drug-likeness (QED) is 0.730. The number of Topliss-reactive ketones (excluding diaryl/α,β-unsaturated/α-hetero) is 1. The zero-order valence-corrected chi connectivity index (χ0v) is 17.6. The fourth-order valence-corrected chi connectivity index (χ4v) is 4.08. The van der Waals surface area contributed by atoms with Gasteiger partial charge in [0.15, 0.2) is 23.9 Å². The Morgan fingerprint density at radius 1 is 1.40 bits per heavy atom. The lowest BCUT2D eigenvalue weighted by atomic mass is 9.70. The summed E-state index contributed by atoms with van der Waals surface area (Å²) in [6, 6.07) is 5.21. The zero-order chi connectivity index (χ0) is 22.2. The van der Waals surface area contributed by atoms with Gasteiger partial charge in [0, 0.05) is 18.4 Å². The number of methoxy groups -OCH3 is 1. The molecule has 0 saturated heterocycles. The van der Waals surface area contributed by atoms with Crippen molar-refractivity contribution in [2.24, 2.45) is 16.9 Å². The minimum atomic E-state index is -0.751. The number of hydrogen-bond acceptors (Lipinski definition) is 7. The molecule has 0 saturated carbocycles. The first-order valence-corrected chi connectivity index (χ1v) is 9.58. The zero-order valence-electron chi connectivity index (χ0n) is 16.9. The number of carbonyl (C=O) groups is 2. The molecule has 0 aromatic heterocycles. The van der Waals surface area contributed by atoms with Crippen molar-refractivity contribution in [1.29, 1.82) is 5.26 Å². The van der Waals surface area contributed by atoms with Gasteiger partial charge in [0.05, 0.1) is 18.1 Å². The maximum Gasteiger partial charge on any atom is 0.255 e. The van der Waals surface area contributed by atoms with Crippen LogP contribution in [0.3, 0.4) is 0 Å². The van der Waals surface area contributed by atoms with E-state index in [0.717, 1.165) is 0 Å². The van der Waals surface area contributed by atoms with Crippen LogP contribution in [0, 0.1) is 16.7 Å². The smallest absolute Gasteiger partial charge is 0.255 e. The van der Waals surface area contributed by atoms with Gasteiger partial charge in [-0.25, -0.2) is 0 Å². The molecule has 1 aromatic rings. The lowest BCUT2D eigenvalue weighted by molar-refractivity contribution is -0.120. The summed E-state index contributed by atoms with van der Waals surface area (Å²) in [6.45, 7) is 3.56. The number of primary amides is 1. The third-order valence-corrected chi connectivity index (χ3v) is 5.30. The molecule has 0 fully saturated rings. The molecule has 1 heterocycles. The second-order valence-corrected chi connectivity index (χ2v) is 8.40. The van der Waals surface area contributed by atoms with E-state index < -0.39 is 11.8 Å². The van der Waals surface area contributed by atoms with Crippen LogP contribution in [0.15, 0.2) is 34.9 Å². The molecule has 0 unspecified atom stereocenters. The molecule has 1 aliphatic carbocycles. The molecule has 30 heavy (non-hydrogen) atoms. The van der Waals surface area contributed by atoms with Gasteiger partial charge in [0.25, 0.3) is 5.91 Å².